The van der Waals surface area contributed by atoms with E-state index in [1.165, 1.54) is 0 Å². The van der Waals surface area contributed by atoms with Crippen LogP contribution in [0.4, 0.5) is 0 Å². The number of aromatic nitrogens is 1. The van der Waals surface area contributed by atoms with Crippen molar-refractivity contribution < 1.29 is 24.1 Å². The molecule has 2 aliphatic heterocycles. The highest BCUT2D eigenvalue weighted by Crippen LogP contribution is 2.45. The number of carbonyl (C=O) groups is 1. The first-order chi connectivity index (χ1) is 16.9. The number of hydrogen-bond acceptors (Lipinski definition) is 6. The largest absolute Gasteiger partial charge is 0.486 e. The summed E-state index contributed by atoms with van der Waals surface area (Å²) in [5, 5.41) is 13.5. The van der Waals surface area contributed by atoms with E-state index in [0.29, 0.717) is 56.5 Å². The molecule has 0 aliphatic carbocycles. The number of carbonyl (C=O) groups excluding carboxylic acids is 1. The molecule has 1 unspecified atom stereocenters. The number of amides is 1. The molecule has 2 aliphatic rings. The van der Waals surface area contributed by atoms with Gasteiger partial charge in [-0.05, 0) is 66.6 Å². The topological polar surface area (TPSA) is 81.1 Å². The van der Waals surface area contributed by atoms with Crippen molar-refractivity contribution in [2.24, 2.45) is 5.92 Å². The summed E-state index contributed by atoms with van der Waals surface area (Å²) in [5.74, 6) is 1.97. The Labute approximate surface area is 205 Å². The lowest BCUT2D eigenvalue weighted by atomic mass is 9.71. The van der Waals surface area contributed by atoms with Crippen LogP contribution in [-0.2, 0) is 16.8 Å². The van der Waals surface area contributed by atoms with Gasteiger partial charge in [-0.3, -0.25) is 4.79 Å². The predicted octanol–water partition coefficient (Wildman–Crippen LogP) is 4.07. The Morgan fingerprint density at radius 2 is 1.77 bits per heavy atom. The molecule has 35 heavy (non-hydrogen) atoms. The van der Waals surface area contributed by atoms with Crippen LogP contribution in [0, 0.1) is 5.92 Å². The fraction of sp³-hybridized carbons (Fsp3) is 0.429. The lowest BCUT2D eigenvalue weighted by Crippen LogP contribution is -2.45. The highest BCUT2D eigenvalue weighted by Gasteiger charge is 2.42. The average Bonchev–Trinajstić information content (AvgIpc) is 2.91. The van der Waals surface area contributed by atoms with Gasteiger partial charge in [-0.15, -0.1) is 0 Å². The van der Waals surface area contributed by atoms with Crippen LogP contribution in [0.2, 0.25) is 0 Å². The molecular weight excluding hydrogens is 444 g/mol. The van der Waals surface area contributed by atoms with Crippen molar-refractivity contribution in [2.75, 3.05) is 33.4 Å². The Morgan fingerprint density at radius 1 is 1.09 bits per heavy atom. The van der Waals surface area contributed by atoms with Crippen LogP contribution in [0.15, 0.2) is 42.5 Å². The zero-order valence-electron chi connectivity index (χ0n) is 20.5. The van der Waals surface area contributed by atoms with Gasteiger partial charge < -0.3 is 24.2 Å². The monoisotopic (exact) mass is 476 g/mol. The summed E-state index contributed by atoms with van der Waals surface area (Å²) in [5.41, 5.74) is 2.14. The number of methoxy groups -OCH3 is 1. The second-order valence-corrected chi connectivity index (χ2v) is 9.32. The van der Waals surface area contributed by atoms with Crippen molar-refractivity contribution in [1.82, 2.24) is 9.88 Å². The normalized spacial score (nSPS) is 17.8. The molecule has 0 bridgehead atoms. The van der Waals surface area contributed by atoms with E-state index in [9.17, 15) is 9.90 Å². The van der Waals surface area contributed by atoms with E-state index >= 15 is 0 Å². The number of aliphatic hydroxyl groups is 1. The molecule has 1 fully saturated rings. The molecule has 3 aromatic rings. The highest BCUT2D eigenvalue weighted by atomic mass is 16.6. The Morgan fingerprint density at radius 3 is 2.46 bits per heavy atom. The van der Waals surface area contributed by atoms with Gasteiger partial charge in [0.25, 0.3) is 0 Å². The molecule has 3 heterocycles. The van der Waals surface area contributed by atoms with Gasteiger partial charge in [0.15, 0.2) is 11.5 Å². The van der Waals surface area contributed by atoms with Crippen molar-refractivity contribution in [3.63, 3.8) is 0 Å². The molecule has 1 atom stereocenters. The Bertz CT molecular complexity index is 1250. The third kappa shape index (κ3) is 4.18. The minimum atomic E-state index is -1.26. The van der Waals surface area contributed by atoms with Crippen molar-refractivity contribution in [2.45, 2.75) is 38.7 Å². The molecule has 184 valence electrons. The standard InChI is InChI=1S/C28H32N2O5/c1-4-19-15-20-16-22(5-7-24(20)29-27(19)33-3)28(32,21-9-11-30(12-10-21)18(2)31)23-6-8-25-26(17-23)35-14-13-34-25/h5-8,15-17,21,32H,4,9-14H2,1-3H3. The van der Waals surface area contributed by atoms with Crippen molar-refractivity contribution >= 4 is 16.8 Å². The van der Waals surface area contributed by atoms with Crippen LogP contribution in [0.5, 0.6) is 17.4 Å². The predicted molar refractivity (Wildman–Crippen MR) is 133 cm³/mol. The molecule has 1 aromatic heterocycles. The van der Waals surface area contributed by atoms with E-state index < -0.39 is 5.60 Å². The minimum Gasteiger partial charge on any atom is -0.486 e. The number of fused-ring (bicyclic) bond motifs is 2. The number of piperidine rings is 1. The summed E-state index contributed by atoms with van der Waals surface area (Å²) in [6, 6.07) is 13.7. The number of nitrogens with zero attached hydrogens (tertiary/aromatic N) is 2. The van der Waals surface area contributed by atoms with Gasteiger partial charge in [0, 0.05) is 31.0 Å². The van der Waals surface area contributed by atoms with E-state index in [4.69, 9.17) is 14.2 Å². The van der Waals surface area contributed by atoms with Crippen LogP contribution in [-0.4, -0.2) is 54.3 Å². The number of likely N-dealkylation sites (tertiary alicyclic amines) is 1. The van der Waals surface area contributed by atoms with E-state index in [1.54, 1.807) is 14.0 Å². The number of hydrogen-bond donors (Lipinski definition) is 1. The number of ether oxygens (including phenoxy) is 3. The minimum absolute atomic E-state index is 0.0733. The van der Waals surface area contributed by atoms with Gasteiger partial charge in [-0.25, -0.2) is 4.98 Å². The molecule has 1 N–H and O–H groups in total. The lowest BCUT2D eigenvalue weighted by Gasteiger charge is -2.42. The fourth-order valence-electron chi connectivity index (χ4n) is 5.40. The first-order valence-electron chi connectivity index (χ1n) is 12.3. The van der Waals surface area contributed by atoms with Gasteiger partial charge in [0.1, 0.15) is 18.8 Å². The molecule has 1 saturated heterocycles. The summed E-state index contributed by atoms with van der Waals surface area (Å²) in [6.45, 7) is 5.92. The zero-order chi connectivity index (χ0) is 24.6. The Hall–Kier alpha value is -3.32. The number of pyridine rings is 1. The fourth-order valence-corrected chi connectivity index (χ4v) is 5.40. The second kappa shape index (κ2) is 9.38. The molecule has 7 nitrogen and oxygen atoms in total. The van der Waals surface area contributed by atoms with Crippen molar-refractivity contribution in [3.05, 3.63) is 59.2 Å². The van der Waals surface area contributed by atoms with E-state index in [2.05, 4.69) is 18.0 Å². The molecule has 0 saturated carbocycles. The first kappa shape index (κ1) is 23.4. The molecular formula is C28H32N2O5. The van der Waals surface area contributed by atoms with Gasteiger partial charge >= 0.3 is 0 Å². The number of aryl methyl sites for hydroxylation is 1. The molecule has 0 spiro atoms. The third-order valence-electron chi connectivity index (χ3n) is 7.38. The van der Waals surface area contributed by atoms with E-state index in [1.807, 2.05) is 41.3 Å². The van der Waals surface area contributed by atoms with Gasteiger partial charge in [0.2, 0.25) is 11.8 Å². The molecule has 5 rings (SSSR count). The molecule has 7 heteroatoms. The average molecular weight is 477 g/mol. The van der Waals surface area contributed by atoms with Gasteiger partial charge in [-0.2, -0.15) is 0 Å². The van der Waals surface area contributed by atoms with Crippen LogP contribution >= 0.6 is 0 Å². The van der Waals surface area contributed by atoms with Crippen LogP contribution in [0.3, 0.4) is 0 Å². The van der Waals surface area contributed by atoms with Crippen LogP contribution in [0.1, 0.15) is 43.4 Å². The number of rotatable bonds is 5. The third-order valence-corrected chi connectivity index (χ3v) is 7.38. The maximum absolute atomic E-state index is 12.5. The lowest BCUT2D eigenvalue weighted by molar-refractivity contribution is -0.131. The summed E-state index contributed by atoms with van der Waals surface area (Å²) in [6.07, 6.45) is 2.19. The van der Waals surface area contributed by atoms with Crippen LogP contribution in [0.25, 0.3) is 10.9 Å². The molecule has 2 aromatic carbocycles. The van der Waals surface area contributed by atoms with E-state index in [0.717, 1.165) is 34.0 Å². The molecule has 0 radical (unpaired) electrons. The maximum Gasteiger partial charge on any atom is 0.219 e. The van der Waals surface area contributed by atoms with E-state index in [-0.39, 0.29) is 11.8 Å². The second-order valence-electron chi connectivity index (χ2n) is 9.32. The Balaban J connectivity index is 1.62. The SMILES string of the molecule is CCc1cc2cc(C(O)(c3ccc4c(c3)OCCO4)C3CCN(C(C)=O)CC3)ccc2nc1OC. The van der Waals surface area contributed by atoms with Crippen LogP contribution < -0.4 is 14.2 Å². The van der Waals surface area contributed by atoms with Crippen molar-refractivity contribution in [1.29, 1.82) is 0 Å². The Kier molecular flexibility index (Phi) is 6.28. The summed E-state index contributed by atoms with van der Waals surface area (Å²) < 4.78 is 17.0. The van der Waals surface area contributed by atoms with Gasteiger partial charge in [-0.1, -0.05) is 19.1 Å². The smallest absolute Gasteiger partial charge is 0.219 e. The first-order valence-corrected chi connectivity index (χ1v) is 12.3. The summed E-state index contributed by atoms with van der Waals surface area (Å²) in [4.78, 5) is 18.5. The van der Waals surface area contributed by atoms with Gasteiger partial charge in [0.05, 0.1) is 12.6 Å². The summed E-state index contributed by atoms with van der Waals surface area (Å²) >= 11 is 0. The zero-order valence-corrected chi connectivity index (χ0v) is 20.5. The summed E-state index contributed by atoms with van der Waals surface area (Å²) in [7, 11) is 1.63. The highest BCUT2D eigenvalue weighted by molar-refractivity contribution is 5.81. The number of benzene rings is 2. The van der Waals surface area contributed by atoms with Crippen molar-refractivity contribution in [3.8, 4) is 17.4 Å². The quantitative estimate of drug-likeness (QED) is 0.598. The molecule has 1 amide bonds. The maximum atomic E-state index is 12.5.